The molecule has 0 unspecified atom stereocenters. The van der Waals surface area contributed by atoms with Crippen LogP contribution in [0.25, 0.3) is 0 Å². The largest absolute Gasteiger partial charge is 0.245 e. The van der Waals surface area contributed by atoms with E-state index in [1.54, 1.807) is 0 Å². The lowest BCUT2D eigenvalue weighted by atomic mass is 10.2. The van der Waals surface area contributed by atoms with Crippen molar-refractivity contribution >= 4 is 0 Å². The Morgan fingerprint density at radius 1 is 0.882 bits per heavy atom. The second-order valence-corrected chi connectivity index (χ2v) is 4.53. The molecule has 0 bridgehead atoms. The summed E-state index contributed by atoms with van der Waals surface area (Å²) in [6.07, 6.45) is 0. The van der Waals surface area contributed by atoms with Crippen molar-refractivity contribution in [3.63, 3.8) is 0 Å². The quantitative estimate of drug-likeness (QED) is 0.721. The van der Waals surface area contributed by atoms with Crippen molar-refractivity contribution in [1.82, 2.24) is 4.98 Å². The van der Waals surface area contributed by atoms with Crippen LogP contribution >= 0.6 is 0 Å². The van der Waals surface area contributed by atoms with Crippen LogP contribution in [0.2, 0.25) is 0 Å². The summed E-state index contributed by atoms with van der Waals surface area (Å²) in [7, 11) is 0. The Kier molecular flexibility index (Phi) is 3.23. The lowest BCUT2D eigenvalue weighted by Gasteiger charge is -2.08. The van der Waals surface area contributed by atoms with Gasteiger partial charge in [0.05, 0.1) is 0 Å². The predicted octanol–water partition coefficient (Wildman–Crippen LogP) is 2.65. The molecule has 0 amide bonds. The Bertz CT molecular complexity index is 504. The first-order chi connectivity index (χ1) is 8.09. The Morgan fingerprint density at radius 2 is 1.41 bits per heavy atom. The molecule has 17 heavy (non-hydrogen) atoms. The van der Waals surface area contributed by atoms with E-state index in [1.165, 1.54) is 17.0 Å². The van der Waals surface area contributed by atoms with Gasteiger partial charge in [-0.2, -0.15) is 4.57 Å². The van der Waals surface area contributed by atoms with Crippen LogP contribution in [0.15, 0.2) is 30.3 Å². The van der Waals surface area contributed by atoms with Gasteiger partial charge in [0.2, 0.25) is 0 Å². The minimum Gasteiger partial charge on any atom is -0.245 e. The number of rotatable bonds is 2. The Balaban J connectivity index is 2.46. The number of hydrogen-bond acceptors (Lipinski definition) is 1. The maximum absolute atomic E-state index is 4.55. The lowest BCUT2D eigenvalue weighted by Crippen LogP contribution is -2.42. The lowest BCUT2D eigenvalue weighted by molar-refractivity contribution is -0.701. The van der Waals surface area contributed by atoms with E-state index in [-0.39, 0.29) is 0 Å². The van der Waals surface area contributed by atoms with E-state index in [0.717, 1.165) is 17.9 Å². The van der Waals surface area contributed by atoms with Gasteiger partial charge in [0.15, 0.2) is 17.9 Å². The van der Waals surface area contributed by atoms with E-state index in [9.17, 15) is 0 Å². The fourth-order valence-corrected chi connectivity index (χ4v) is 2.06. The van der Waals surface area contributed by atoms with Crippen molar-refractivity contribution in [2.75, 3.05) is 0 Å². The number of nitrogens with zero attached hydrogens (tertiary/aromatic N) is 2. The van der Waals surface area contributed by atoms with E-state index in [0.29, 0.717) is 0 Å². The van der Waals surface area contributed by atoms with Crippen LogP contribution in [-0.4, -0.2) is 4.98 Å². The van der Waals surface area contributed by atoms with Crippen LogP contribution < -0.4 is 4.57 Å². The van der Waals surface area contributed by atoms with Gasteiger partial charge in [-0.3, -0.25) is 0 Å². The van der Waals surface area contributed by atoms with Crippen LogP contribution in [0.3, 0.4) is 0 Å². The highest BCUT2D eigenvalue weighted by Gasteiger charge is 2.17. The normalized spacial score (nSPS) is 10.6. The summed E-state index contributed by atoms with van der Waals surface area (Å²) < 4.78 is 2.34. The molecule has 2 heteroatoms. The van der Waals surface area contributed by atoms with Crippen LogP contribution in [0.4, 0.5) is 0 Å². The van der Waals surface area contributed by atoms with Crippen molar-refractivity contribution in [2.45, 2.75) is 34.2 Å². The second-order valence-electron chi connectivity index (χ2n) is 4.53. The standard InChI is InChI=1S/C15H19N2/c1-11-13(3)17(14(4)12(2)16-11)10-15-8-6-5-7-9-15/h5-9H,10H2,1-4H3/q+1. The van der Waals surface area contributed by atoms with Crippen molar-refractivity contribution in [2.24, 2.45) is 0 Å². The Hall–Kier alpha value is -1.70. The number of benzene rings is 1. The molecular formula is C15H19N2+. The summed E-state index contributed by atoms with van der Waals surface area (Å²) in [6.45, 7) is 9.34. The smallest absolute Gasteiger partial charge is 0.200 e. The fraction of sp³-hybridized carbons (Fsp3) is 0.333. The first kappa shape index (κ1) is 11.8. The first-order valence-corrected chi connectivity index (χ1v) is 5.97. The Morgan fingerprint density at radius 3 is 1.94 bits per heavy atom. The highest BCUT2D eigenvalue weighted by Crippen LogP contribution is 2.06. The van der Waals surface area contributed by atoms with Crippen molar-refractivity contribution in [3.8, 4) is 0 Å². The third-order valence-corrected chi connectivity index (χ3v) is 3.38. The van der Waals surface area contributed by atoms with Gasteiger partial charge in [-0.05, 0) is 13.8 Å². The van der Waals surface area contributed by atoms with Gasteiger partial charge in [-0.15, -0.1) is 0 Å². The molecule has 1 aromatic heterocycles. The minimum atomic E-state index is 0.919. The van der Waals surface area contributed by atoms with Crippen LogP contribution in [0, 0.1) is 27.7 Å². The average Bonchev–Trinajstić information content (AvgIpc) is 2.33. The molecule has 0 saturated heterocycles. The second kappa shape index (κ2) is 4.66. The molecule has 2 rings (SSSR count). The van der Waals surface area contributed by atoms with Gasteiger partial charge in [0.25, 0.3) is 0 Å². The van der Waals surface area contributed by atoms with E-state index in [1.807, 2.05) is 0 Å². The monoisotopic (exact) mass is 227 g/mol. The van der Waals surface area contributed by atoms with Gasteiger partial charge < -0.3 is 0 Å². The molecule has 2 nitrogen and oxygen atoms in total. The molecule has 0 fully saturated rings. The molecule has 0 saturated carbocycles. The third-order valence-electron chi connectivity index (χ3n) is 3.38. The number of aromatic nitrogens is 2. The number of aryl methyl sites for hydroxylation is 2. The molecule has 2 aromatic rings. The zero-order valence-electron chi connectivity index (χ0n) is 11.0. The highest BCUT2D eigenvalue weighted by molar-refractivity contribution is 5.15. The summed E-state index contributed by atoms with van der Waals surface area (Å²) in [6, 6.07) is 10.5. The van der Waals surface area contributed by atoms with Gasteiger partial charge in [-0.25, -0.2) is 4.98 Å². The topological polar surface area (TPSA) is 16.8 Å². The van der Waals surface area contributed by atoms with Crippen LogP contribution in [0.5, 0.6) is 0 Å². The average molecular weight is 227 g/mol. The fourth-order valence-electron chi connectivity index (χ4n) is 2.06. The molecule has 0 aliphatic rings. The van der Waals surface area contributed by atoms with E-state index in [2.05, 4.69) is 67.6 Å². The zero-order valence-corrected chi connectivity index (χ0v) is 11.0. The third kappa shape index (κ3) is 2.36. The van der Waals surface area contributed by atoms with Crippen molar-refractivity contribution < 1.29 is 4.57 Å². The van der Waals surface area contributed by atoms with Crippen molar-refractivity contribution in [3.05, 3.63) is 58.7 Å². The summed E-state index contributed by atoms with van der Waals surface area (Å²) in [5.41, 5.74) is 6.05. The molecule has 0 aliphatic heterocycles. The van der Waals surface area contributed by atoms with E-state index in [4.69, 9.17) is 0 Å². The molecule has 0 radical (unpaired) electrons. The minimum absolute atomic E-state index is 0.919. The molecule has 0 aliphatic carbocycles. The van der Waals surface area contributed by atoms with E-state index < -0.39 is 0 Å². The number of hydrogen-bond donors (Lipinski definition) is 0. The predicted molar refractivity (Wildman–Crippen MR) is 68.9 cm³/mol. The Labute approximate surface area is 103 Å². The summed E-state index contributed by atoms with van der Waals surface area (Å²) in [5.74, 6) is 0. The molecule has 1 heterocycles. The molecule has 1 aromatic carbocycles. The summed E-state index contributed by atoms with van der Waals surface area (Å²) in [4.78, 5) is 4.55. The maximum Gasteiger partial charge on any atom is 0.200 e. The highest BCUT2D eigenvalue weighted by atomic mass is 15.0. The van der Waals surface area contributed by atoms with E-state index >= 15 is 0 Å². The first-order valence-electron chi connectivity index (χ1n) is 5.97. The van der Waals surface area contributed by atoms with Crippen LogP contribution in [0.1, 0.15) is 28.3 Å². The molecule has 0 spiro atoms. The summed E-state index contributed by atoms with van der Waals surface area (Å²) in [5, 5.41) is 0. The van der Waals surface area contributed by atoms with Crippen molar-refractivity contribution in [1.29, 1.82) is 0 Å². The van der Waals surface area contributed by atoms with Gasteiger partial charge in [-0.1, -0.05) is 30.3 Å². The maximum atomic E-state index is 4.55. The van der Waals surface area contributed by atoms with Gasteiger partial charge >= 0.3 is 0 Å². The molecule has 88 valence electrons. The SMILES string of the molecule is Cc1nc(C)c(C)[n+](Cc2ccccc2)c1C. The van der Waals surface area contributed by atoms with Crippen LogP contribution in [-0.2, 0) is 6.54 Å². The molecule has 0 atom stereocenters. The zero-order chi connectivity index (χ0) is 12.4. The molecule has 0 N–H and O–H groups in total. The van der Waals surface area contributed by atoms with Gasteiger partial charge in [0.1, 0.15) is 11.4 Å². The summed E-state index contributed by atoms with van der Waals surface area (Å²) >= 11 is 0. The molecular weight excluding hydrogens is 208 g/mol. The van der Waals surface area contributed by atoms with Gasteiger partial charge in [0, 0.05) is 19.4 Å².